The first kappa shape index (κ1) is 15.9. The number of nitrogens with one attached hydrogen (secondary N) is 1. The highest BCUT2D eigenvalue weighted by Crippen LogP contribution is 2.34. The molecule has 128 valence electrons. The lowest BCUT2D eigenvalue weighted by atomic mass is 9.97. The van der Waals surface area contributed by atoms with E-state index in [2.05, 4.69) is 11.4 Å². The van der Waals surface area contributed by atoms with Crippen LogP contribution in [0.15, 0.2) is 54.9 Å². The molecule has 0 radical (unpaired) electrons. The van der Waals surface area contributed by atoms with Gasteiger partial charge >= 0.3 is 5.97 Å². The highest BCUT2D eigenvalue weighted by Gasteiger charge is 2.32. The molecule has 4 rings (SSSR count). The van der Waals surface area contributed by atoms with Crippen molar-refractivity contribution >= 4 is 23.1 Å². The molecule has 0 unspecified atom stereocenters. The van der Waals surface area contributed by atoms with E-state index in [0.717, 1.165) is 16.8 Å². The second-order valence-corrected chi connectivity index (χ2v) is 6.13. The summed E-state index contributed by atoms with van der Waals surface area (Å²) in [6.07, 6.45) is 3.58. The summed E-state index contributed by atoms with van der Waals surface area (Å²) in [5.41, 5.74) is 3.44. The Morgan fingerprint density at radius 3 is 2.88 bits per heavy atom. The van der Waals surface area contributed by atoms with Crippen molar-refractivity contribution in [2.45, 2.75) is 18.9 Å². The van der Waals surface area contributed by atoms with Crippen molar-refractivity contribution in [2.75, 3.05) is 5.32 Å². The maximum absolute atomic E-state index is 12.3. The smallest absolute Gasteiger partial charge is 0.307 e. The minimum absolute atomic E-state index is 0.000603. The number of hydrogen-bond acceptors (Lipinski definition) is 4. The van der Waals surface area contributed by atoms with Crippen LogP contribution in [-0.2, 0) is 20.9 Å². The highest BCUT2D eigenvalue weighted by molar-refractivity contribution is 6.04. The molecule has 3 aromatic rings. The summed E-state index contributed by atoms with van der Waals surface area (Å²) in [5, 5.41) is 12.2. The first-order valence-electron chi connectivity index (χ1n) is 8.21. The van der Waals surface area contributed by atoms with Crippen LogP contribution in [0.3, 0.4) is 0 Å². The van der Waals surface area contributed by atoms with Gasteiger partial charge in [0.05, 0.1) is 23.4 Å². The maximum Gasteiger partial charge on any atom is 0.307 e. The number of benzene rings is 1. The predicted molar refractivity (Wildman–Crippen MR) is 94.3 cm³/mol. The molecule has 1 N–H and O–H groups in total. The summed E-state index contributed by atoms with van der Waals surface area (Å²) in [6.45, 7) is -0.000603. The van der Waals surface area contributed by atoms with Crippen molar-refractivity contribution in [2.24, 2.45) is 0 Å². The van der Waals surface area contributed by atoms with Gasteiger partial charge in [-0.15, -0.1) is 0 Å². The zero-order chi connectivity index (χ0) is 18.1. The van der Waals surface area contributed by atoms with Crippen LogP contribution in [-0.4, -0.2) is 16.3 Å². The van der Waals surface area contributed by atoms with Crippen molar-refractivity contribution in [1.29, 1.82) is 5.26 Å². The van der Waals surface area contributed by atoms with Crippen molar-refractivity contribution in [3.8, 4) is 6.07 Å². The van der Waals surface area contributed by atoms with Crippen LogP contribution < -0.4 is 5.32 Å². The number of para-hydroxylation sites is 1. The molecule has 26 heavy (non-hydrogen) atoms. The molecule has 1 aliphatic rings. The largest absolute Gasteiger partial charge is 0.461 e. The lowest BCUT2D eigenvalue weighted by Gasteiger charge is -2.08. The fourth-order valence-electron chi connectivity index (χ4n) is 3.28. The number of fused-ring (bicyclic) bond motifs is 2. The lowest BCUT2D eigenvalue weighted by Crippen LogP contribution is -2.17. The third-order valence-corrected chi connectivity index (χ3v) is 4.54. The molecule has 6 nitrogen and oxygen atoms in total. The fourth-order valence-corrected chi connectivity index (χ4v) is 3.28. The number of anilines is 1. The number of nitriles is 1. The van der Waals surface area contributed by atoms with Gasteiger partial charge in [-0.2, -0.15) is 5.26 Å². The van der Waals surface area contributed by atoms with Gasteiger partial charge in [0.25, 0.3) is 0 Å². The predicted octanol–water partition coefficient (Wildman–Crippen LogP) is 2.98. The Bertz CT molecular complexity index is 1060. The number of esters is 1. The van der Waals surface area contributed by atoms with Gasteiger partial charge in [-0.25, -0.2) is 0 Å². The molecular weight excluding hydrogens is 330 g/mol. The molecule has 1 aromatic carbocycles. The van der Waals surface area contributed by atoms with E-state index in [1.54, 1.807) is 6.20 Å². The van der Waals surface area contributed by atoms with Crippen molar-refractivity contribution in [3.05, 3.63) is 71.5 Å². The van der Waals surface area contributed by atoms with Crippen molar-refractivity contribution < 1.29 is 14.3 Å². The monoisotopic (exact) mass is 345 g/mol. The third-order valence-electron chi connectivity index (χ3n) is 4.54. The molecule has 0 saturated carbocycles. The van der Waals surface area contributed by atoms with E-state index in [4.69, 9.17) is 4.74 Å². The van der Waals surface area contributed by atoms with Gasteiger partial charge in [0.15, 0.2) is 0 Å². The lowest BCUT2D eigenvalue weighted by molar-refractivity contribution is -0.146. The van der Waals surface area contributed by atoms with Crippen molar-refractivity contribution in [3.63, 3.8) is 0 Å². The molecule has 0 spiro atoms. The Kier molecular flexibility index (Phi) is 3.90. The zero-order valence-electron chi connectivity index (χ0n) is 13.8. The Labute approximate surface area is 149 Å². The Hall–Kier alpha value is -3.59. The summed E-state index contributed by atoms with van der Waals surface area (Å²) in [6, 6.07) is 15.0. The van der Waals surface area contributed by atoms with Crippen LogP contribution in [0.5, 0.6) is 0 Å². The first-order valence-corrected chi connectivity index (χ1v) is 8.21. The molecule has 1 aliphatic heterocycles. The number of carbonyl (C=O) groups is 2. The summed E-state index contributed by atoms with van der Waals surface area (Å²) in [5.74, 6) is -1.21. The Morgan fingerprint density at radius 1 is 1.23 bits per heavy atom. The number of amides is 1. The molecule has 0 fully saturated rings. The number of ether oxygens (including phenoxy) is 1. The molecule has 0 saturated heterocycles. The van der Waals surface area contributed by atoms with Crippen LogP contribution in [0.4, 0.5) is 5.69 Å². The van der Waals surface area contributed by atoms with Crippen LogP contribution in [0.1, 0.15) is 29.0 Å². The van der Waals surface area contributed by atoms with Gasteiger partial charge in [-0.1, -0.05) is 24.3 Å². The Morgan fingerprint density at radius 2 is 2.04 bits per heavy atom. The number of rotatable bonds is 4. The molecule has 6 heteroatoms. The van der Waals surface area contributed by atoms with E-state index in [-0.39, 0.29) is 18.9 Å². The minimum Gasteiger partial charge on any atom is -0.461 e. The summed E-state index contributed by atoms with van der Waals surface area (Å²) in [4.78, 5) is 24.3. The molecule has 2 aromatic heterocycles. The quantitative estimate of drug-likeness (QED) is 0.737. The Balaban J connectivity index is 1.47. The average Bonchev–Trinajstić information content (AvgIpc) is 3.17. The standard InChI is InChI=1S/C20H15N3O3/c21-10-16-13(11-23-8-4-3-7-18(16)23)12-26-19(24)9-15-14-5-1-2-6-17(14)22-20(15)25/h1-8,11,15H,9,12H2,(H,22,25)/t15-/m1/s1. The number of aromatic nitrogens is 1. The van der Waals surface area contributed by atoms with Gasteiger partial charge < -0.3 is 14.5 Å². The normalized spacial score (nSPS) is 15.3. The van der Waals surface area contributed by atoms with Gasteiger partial charge in [-0.05, 0) is 23.8 Å². The van der Waals surface area contributed by atoms with Crippen LogP contribution in [0, 0.1) is 11.3 Å². The summed E-state index contributed by atoms with van der Waals surface area (Å²) < 4.78 is 7.16. The number of nitrogens with zero attached hydrogens (tertiary/aromatic N) is 2. The zero-order valence-corrected chi connectivity index (χ0v) is 13.8. The third kappa shape index (κ3) is 2.70. The van der Waals surface area contributed by atoms with E-state index < -0.39 is 11.9 Å². The molecule has 1 atom stereocenters. The highest BCUT2D eigenvalue weighted by atomic mass is 16.5. The first-order chi connectivity index (χ1) is 12.7. The van der Waals surface area contributed by atoms with Gasteiger partial charge in [0.1, 0.15) is 12.7 Å². The second-order valence-electron chi connectivity index (χ2n) is 6.13. The topological polar surface area (TPSA) is 83.6 Å². The minimum atomic E-state index is -0.540. The summed E-state index contributed by atoms with van der Waals surface area (Å²) in [7, 11) is 0. The SMILES string of the molecule is N#Cc1c(COC(=O)C[C@H]2C(=O)Nc3ccccc32)cn2ccccc12. The maximum atomic E-state index is 12.3. The molecule has 3 heterocycles. The van der Waals surface area contributed by atoms with Crippen LogP contribution in [0.25, 0.3) is 5.52 Å². The second kappa shape index (κ2) is 6.37. The van der Waals surface area contributed by atoms with Gasteiger partial charge in [0, 0.05) is 23.6 Å². The van der Waals surface area contributed by atoms with E-state index in [1.807, 2.05) is 53.1 Å². The average molecular weight is 345 g/mol. The van der Waals surface area contributed by atoms with E-state index >= 15 is 0 Å². The molecular formula is C20H15N3O3. The van der Waals surface area contributed by atoms with Gasteiger partial charge in [-0.3, -0.25) is 9.59 Å². The summed E-state index contributed by atoms with van der Waals surface area (Å²) >= 11 is 0. The fraction of sp³-hybridized carbons (Fsp3) is 0.150. The van der Waals surface area contributed by atoms with Crippen molar-refractivity contribution in [1.82, 2.24) is 4.40 Å². The van der Waals surface area contributed by atoms with E-state index in [1.165, 1.54) is 0 Å². The number of hydrogen-bond donors (Lipinski definition) is 1. The van der Waals surface area contributed by atoms with E-state index in [0.29, 0.717) is 11.1 Å². The number of carbonyl (C=O) groups excluding carboxylic acids is 2. The van der Waals surface area contributed by atoms with Gasteiger partial charge in [0.2, 0.25) is 5.91 Å². The number of pyridine rings is 1. The van der Waals surface area contributed by atoms with Crippen LogP contribution >= 0.6 is 0 Å². The van der Waals surface area contributed by atoms with E-state index in [9.17, 15) is 14.9 Å². The molecule has 1 amide bonds. The van der Waals surface area contributed by atoms with Crippen LogP contribution in [0.2, 0.25) is 0 Å². The molecule has 0 bridgehead atoms. The molecule has 0 aliphatic carbocycles.